The predicted molar refractivity (Wildman–Crippen MR) is 92.9 cm³/mol. The fourth-order valence-electron chi connectivity index (χ4n) is 3.59. The summed E-state index contributed by atoms with van der Waals surface area (Å²) in [6, 6.07) is 10.0. The summed E-state index contributed by atoms with van der Waals surface area (Å²) in [5.74, 6) is 0.594. The Kier molecular flexibility index (Phi) is 5.97. The molecule has 0 spiro atoms. The van der Waals surface area contributed by atoms with E-state index in [1.54, 1.807) is 0 Å². The van der Waals surface area contributed by atoms with Crippen LogP contribution in [0.15, 0.2) is 30.3 Å². The molecule has 1 heterocycles. The van der Waals surface area contributed by atoms with Crippen LogP contribution >= 0.6 is 0 Å². The van der Waals surface area contributed by atoms with Gasteiger partial charge in [0.25, 0.3) is 0 Å². The highest BCUT2D eigenvalue weighted by molar-refractivity contribution is 5.98. The van der Waals surface area contributed by atoms with Crippen LogP contribution in [0.5, 0.6) is 0 Å². The van der Waals surface area contributed by atoms with Crippen LogP contribution in [0.4, 0.5) is 0 Å². The van der Waals surface area contributed by atoms with Gasteiger partial charge >= 0.3 is 0 Å². The van der Waals surface area contributed by atoms with Crippen LogP contribution in [-0.2, 0) is 16.0 Å². The molecule has 1 aliphatic rings. The molecule has 0 unspecified atom stereocenters. The summed E-state index contributed by atoms with van der Waals surface area (Å²) in [7, 11) is 0. The minimum absolute atomic E-state index is 0.0161. The molecule has 126 valence electrons. The molecule has 1 aliphatic heterocycles. The van der Waals surface area contributed by atoms with E-state index in [2.05, 4.69) is 20.8 Å². The molecule has 0 aliphatic carbocycles. The zero-order valence-electron chi connectivity index (χ0n) is 14.7. The van der Waals surface area contributed by atoms with Crippen molar-refractivity contribution in [2.24, 2.45) is 11.3 Å². The average Bonchev–Trinajstić information content (AvgIpc) is 2.55. The average molecular weight is 315 g/mol. The third-order valence-corrected chi connectivity index (χ3v) is 5.35. The van der Waals surface area contributed by atoms with Gasteiger partial charge in [-0.3, -0.25) is 14.5 Å². The second kappa shape index (κ2) is 7.76. The summed E-state index contributed by atoms with van der Waals surface area (Å²) >= 11 is 0. The maximum absolute atomic E-state index is 12.6. The zero-order chi connectivity index (χ0) is 16.9. The largest absolute Gasteiger partial charge is 0.282 e. The molecule has 0 bridgehead atoms. The van der Waals surface area contributed by atoms with E-state index in [0.717, 1.165) is 25.7 Å². The number of nitrogens with zero attached hydrogens (tertiary/aromatic N) is 1. The number of benzene rings is 1. The summed E-state index contributed by atoms with van der Waals surface area (Å²) in [4.78, 5) is 26.6. The number of hydrogen-bond acceptors (Lipinski definition) is 2. The van der Waals surface area contributed by atoms with E-state index in [1.807, 2.05) is 30.3 Å². The number of rotatable bonds is 7. The lowest BCUT2D eigenvalue weighted by molar-refractivity contribution is -0.154. The number of imide groups is 1. The molecule has 2 amide bonds. The van der Waals surface area contributed by atoms with Gasteiger partial charge in [-0.2, -0.15) is 0 Å². The Labute approximate surface area is 140 Å². The molecule has 0 saturated carbocycles. The Hall–Kier alpha value is -1.64. The zero-order valence-corrected chi connectivity index (χ0v) is 14.7. The number of piperidine rings is 1. The van der Waals surface area contributed by atoms with Gasteiger partial charge in [-0.05, 0) is 36.2 Å². The van der Waals surface area contributed by atoms with Gasteiger partial charge < -0.3 is 0 Å². The Morgan fingerprint density at radius 1 is 1.09 bits per heavy atom. The molecule has 1 atom stereocenters. The van der Waals surface area contributed by atoms with Crippen molar-refractivity contribution >= 4 is 11.8 Å². The minimum atomic E-state index is -0.118. The van der Waals surface area contributed by atoms with Crippen LogP contribution in [0.1, 0.15) is 58.4 Å². The van der Waals surface area contributed by atoms with Gasteiger partial charge in [-0.25, -0.2) is 0 Å². The smallest absolute Gasteiger partial charge is 0.229 e. The van der Waals surface area contributed by atoms with Crippen molar-refractivity contribution in [1.82, 2.24) is 4.90 Å². The number of hydrogen-bond donors (Lipinski definition) is 0. The van der Waals surface area contributed by atoms with E-state index in [9.17, 15) is 9.59 Å². The normalized spacial score (nSPS) is 19.0. The number of likely N-dealkylation sites (tertiary alicyclic amines) is 1. The predicted octanol–water partition coefficient (Wildman–Crippen LogP) is 4.21. The second-order valence-electron chi connectivity index (χ2n) is 7.10. The summed E-state index contributed by atoms with van der Waals surface area (Å²) in [6.07, 6.45) is 4.76. The Morgan fingerprint density at radius 3 is 2.22 bits per heavy atom. The molecule has 3 heteroatoms. The highest BCUT2D eigenvalue weighted by Crippen LogP contribution is 2.42. The first-order valence-corrected chi connectivity index (χ1v) is 8.87. The van der Waals surface area contributed by atoms with Crippen LogP contribution in [0.3, 0.4) is 0 Å². The lowest BCUT2D eigenvalue weighted by Gasteiger charge is -2.41. The second-order valence-corrected chi connectivity index (χ2v) is 7.10. The van der Waals surface area contributed by atoms with Crippen molar-refractivity contribution in [1.29, 1.82) is 0 Å². The first kappa shape index (κ1) is 17.7. The molecule has 23 heavy (non-hydrogen) atoms. The monoisotopic (exact) mass is 315 g/mol. The Bertz CT molecular complexity index is 520. The summed E-state index contributed by atoms with van der Waals surface area (Å²) < 4.78 is 0. The highest BCUT2D eigenvalue weighted by Gasteiger charge is 2.42. The van der Waals surface area contributed by atoms with Gasteiger partial charge in [0.15, 0.2) is 0 Å². The molecule has 0 aromatic heterocycles. The quantitative estimate of drug-likeness (QED) is 0.707. The SMILES string of the molecule is CC[C@@H](C)CC1(CC)CC(=O)N(CCc2ccccc2)C(=O)C1. The molecule has 1 aromatic rings. The third kappa shape index (κ3) is 4.43. The van der Waals surface area contributed by atoms with E-state index < -0.39 is 0 Å². The van der Waals surface area contributed by atoms with Crippen molar-refractivity contribution in [2.45, 2.75) is 59.3 Å². The molecule has 0 N–H and O–H groups in total. The number of carbonyl (C=O) groups excluding carboxylic acids is 2. The summed E-state index contributed by atoms with van der Waals surface area (Å²) in [6.45, 7) is 7.01. The molecule has 2 rings (SSSR count). The van der Waals surface area contributed by atoms with Gasteiger partial charge in [-0.15, -0.1) is 0 Å². The van der Waals surface area contributed by atoms with Crippen LogP contribution in [0.25, 0.3) is 0 Å². The molecule has 1 fully saturated rings. The number of amides is 2. The third-order valence-electron chi connectivity index (χ3n) is 5.35. The van der Waals surface area contributed by atoms with E-state index in [1.165, 1.54) is 10.5 Å². The molecular formula is C20H29NO2. The van der Waals surface area contributed by atoms with Crippen molar-refractivity contribution in [3.05, 3.63) is 35.9 Å². The van der Waals surface area contributed by atoms with Crippen molar-refractivity contribution in [3.8, 4) is 0 Å². The number of carbonyl (C=O) groups is 2. The van der Waals surface area contributed by atoms with Gasteiger partial charge in [0.2, 0.25) is 11.8 Å². The maximum Gasteiger partial charge on any atom is 0.229 e. The van der Waals surface area contributed by atoms with Gasteiger partial charge in [0.05, 0.1) is 0 Å². The molecule has 0 radical (unpaired) electrons. The van der Waals surface area contributed by atoms with E-state index in [0.29, 0.717) is 25.3 Å². The van der Waals surface area contributed by atoms with E-state index in [-0.39, 0.29) is 17.2 Å². The van der Waals surface area contributed by atoms with Crippen LogP contribution in [0, 0.1) is 11.3 Å². The molecule has 1 saturated heterocycles. The lowest BCUT2D eigenvalue weighted by Crippen LogP contribution is -2.49. The van der Waals surface area contributed by atoms with Gasteiger partial charge in [-0.1, -0.05) is 57.5 Å². The Morgan fingerprint density at radius 2 is 1.70 bits per heavy atom. The topological polar surface area (TPSA) is 37.4 Å². The first-order chi connectivity index (χ1) is 11.0. The molecule has 1 aromatic carbocycles. The standard InChI is InChI=1S/C20H29NO2/c1-4-16(3)13-20(5-2)14-18(22)21(19(23)15-20)12-11-17-9-7-6-8-10-17/h6-10,16H,4-5,11-15H2,1-3H3/t16-/m1/s1. The summed E-state index contributed by atoms with van der Waals surface area (Å²) in [5.41, 5.74) is 1.05. The van der Waals surface area contributed by atoms with Crippen molar-refractivity contribution in [3.63, 3.8) is 0 Å². The molecule has 3 nitrogen and oxygen atoms in total. The Balaban J connectivity index is 2.01. The first-order valence-electron chi connectivity index (χ1n) is 8.87. The minimum Gasteiger partial charge on any atom is -0.282 e. The highest BCUT2D eigenvalue weighted by atomic mass is 16.2. The maximum atomic E-state index is 12.6. The van der Waals surface area contributed by atoms with E-state index in [4.69, 9.17) is 0 Å². The van der Waals surface area contributed by atoms with E-state index >= 15 is 0 Å². The van der Waals surface area contributed by atoms with Crippen LogP contribution in [0.2, 0.25) is 0 Å². The van der Waals surface area contributed by atoms with Crippen LogP contribution < -0.4 is 0 Å². The van der Waals surface area contributed by atoms with Crippen molar-refractivity contribution < 1.29 is 9.59 Å². The lowest BCUT2D eigenvalue weighted by atomic mass is 9.69. The van der Waals surface area contributed by atoms with Crippen LogP contribution in [-0.4, -0.2) is 23.3 Å². The molecular weight excluding hydrogens is 286 g/mol. The fourth-order valence-corrected chi connectivity index (χ4v) is 3.59. The summed E-state index contributed by atoms with van der Waals surface area (Å²) in [5, 5.41) is 0. The van der Waals surface area contributed by atoms with Crippen molar-refractivity contribution in [2.75, 3.05) is 6.54 Å². The van der Waals surface area contributed by atoms with Gasteiger partial charge in [0.1, 0.15) is 0 Å². The fraction of sp³-hybridized carbons (Fsp3) is 0.600. The van der Waals surface area contributed by atoms with Gasteiger partial charge in [0, 0.05) is 19.4 Å².